The summed E-state index contributed by atoms with van der Waals surface area (Å²) in [5.41, 5.74) is 0.589. The molecule has 0 aromatic heterocycles. The van der Waals surface area contributed by atoms with Gasteiger partial charge in [0.05, 0.1) is 16.3 Å². The van der Waals surface area contributed by atoms with Gasteiger partial charge in [0.15, 0.2) is 0 Å². The molecule has 1 aromatic rings. The van der Waals surface area contributed by atoms with Crippen molar-refractivity contribution in [3.63, 3.8) is 0 Å². The summed E-state index contributed by atoms with van der Waals surface area (Å²) in [6, 6.07) is 3.23. The van der Waals surface area contributed by atoms with Crippen LogP contribution in [0.5, 0.6) is 0 Å². The van der Waals surface area contributed by atoms with Gasteiger partial charge < -0.3 is 5.32 Å². The minimum Gasteiger partial charge on any atom is -0.324 e. The van der Waals surface area contributed by atoms with Crippen molar-refractivity contribution in [1.82, 2.24) is 0 Å². The van der Waals surface area contributed by atoms with Crippen LogP contribution in [0.2, 0.25) is 0 Å². The molecule has 0 fully saturated rings. The van der Waals surface area contributed by atoms with Crippen molar-refractivity contribution in [3.05, 3.63) is 21.5 Å². The van der Waals surface area contributed by atoms with Crippen molar-refractivity contribution in [2.75, 3.05) is 11.1 Å². The molecule has 2 nitrogen and oxygen atoms in total. The lowest BCUT2D eigenvalue weighted by molar-refractivity contribution is -0.113. The van der Waals surface area contributed by atoms with E-state index in [-0.39, 0.29) is 11.7 Å². The van der Waals surface area contributed by atoms with Gasteiger partial charge in [-0.15, -0.1) is 11.8 Å². The highest BCUT2D eigenvalue weighted by atomic mass is 127. The number of hydrogen-bond acceptors (Lipinski definition) is 2. The van der Waals surface area contributed by atoms with Crippen molar-refractivity contribution >= 4 is 45.9 Å². The molecule has 1 aliphatic heterocycles. The van der Waals surface area contributed by atoms with E-state index < -0.39 is 0 Å². The first-order valence-electron chi connectivity index (χ1n) is 3.58. The van der Waals surface area contributed by atoms with Crippen LogP contribution in [-0.4, -0.2) is 11.7 Å². The summed E-state index contributed by atoms with van der Waals surface area (Å²) in [7, 11) is 0. The van der Waals surface area contributed by atoms with E-state index in [9.17, 15) is 9.18 Å². The molecule has 0 spiro atoms. The summed E-state index contributed by atoms with van der Waals surface area (Å²) in [4.78, 5) is 11.5. The van der Waals surface area contributed by atoms with E-state index in [1.165, 1.54) is 17.8 Å². The highest BCUT2D eigenvalue weighted by Gasteiger charge is 2.19. The van der Waals surface area contributed by atoms with Crippen LogP contribution in [-0.2, 0) is 4.79 Å². The van der Waals surface area contributed by atoms with Crippen LogP contribution in [0.25, 0.3) is 0 Å². The fourth-order valence-corrected chi connectivity index (χ4v) is 2.52. The van der Waals surface area contributed by atoms with E-state index in [1.807, 2.05) is 22.6 Å². The summed E-state index contributed by atoms with van der Waals surface area (Å²) in [5.74, 6) is -0.0318. The van der Waals surface area contributed by atoms with Crippen molar-refractivity contribution < 1.29 is 9.18 Å². The second kappa shape index (κ2) is 3.45. The SMILES string of the molecule is O=C1CSc2c(F)cc(I)cc2N1. The smallest absolute Gasteiger partial charge is 0.234 e. The largest absolute Gasteiger partial charge is 0.324 e. The Kier molecular flexibility index (Phi) is 2.46. The quantitative estimate of drug-likeness (QED) is 0.746. The van der Waals surface area contributed by atoms with Crippen LogP contribution >= 0.6 is 34.4 Å². The zero-order valence-electron chi connectivity index (χ0n) is 6.43. The molecule has 0 bridgehead atoms. The van der Waals surface area contributed by atoms with Crippen LogP contribution in [0.4, 0.5) is 10.1 Å². The Morgan fingerprint density at radius 2 is 2.31 bits per heavy atom. The lowest BCUT2D eigenvalue weighted by Crippen LogP contribution is -2.19. The van der Waals surface area contributed by atoms with Crippen LogP contribution in [0.15, 0.2) is 17.0 Å². The summed E-state index contributed by atoms with van der Waals surface area (Å²) < 4.78 is 14.1. The normalized spacial score (nSPS) is 15.1. The number of anilines is 1. The Balaban J connectivity index is 2.53. The maximum absolute atomic E-state index is 13.3. The van der Waals surface area contributed by atoms with Gasteiger partial charge in [-0.1, -0.05) is 0 Å². The number of hydrogen-bond donors (Lipinski definition) is 1. The zero-order valence-corrected chi connectivity index (χ0v) is 9.41. The third-order valence-electron chi connectivity index (χ3n) is 1.63. The third kappa shape index (κ3) is 1.80. The number of nitrogens with one attached hydrogen (secondary N) is 1. The Bertz CT molecular complexity index is 383. The lowest BCUT2D eigenvalue weighted by Gasteiger charge is -2.16. The molecule has 0 radical (unpaired) electrons. The number of halogens is 2. The first kappa shape index (κ1) is 9.26. The maximum atomic E-state index is 13.3. The number of benzene rings is 1. The minimum absolute atomic E-state index is 0.0705. The number of rotatable bonds is 0. The molecule has 1 aliphatic rings. The summed E-state index contributed by atoms with van der Waals surface area (Å²) in [5, 5.41) is 2.64. The Morgan fingerprint density at radius 3 is 3.08 bits per heavy atom. The molecule has 0 saturated heterocycles. The maximum Gasteiger partial charge on any atom is 0.234 e. The first-order chi connectivity index (χ1) is 6.16. The van der Waals surface area contributed by atoms with Crippen LogP contribution < -0.4 is 5.32 Å². The highest BCUT2D eigenvalue weighted by molar-refractivity contribution is 14.1. The van der Waals surface area contributed by atoms with E-state index in [2.05, 4.69) is 5.32 Å². The van der Waals surface area contributed by atoms with Crippen LogP contribution in [0, 0.1) is 9.39 Å². The molecule has 1 amide bonds. The van der Waals surface area contributed by atoms with E-state index in [0.717, 1.165) is 3.57 Å². The predicted octanol–water partition coefficient (Wildman–Crippen LogP) is 2.47. The van der Waals surface area contributed by atoms with Gasteiger partial charge in [0.2, 0.25) is 5.91 Å². The van der Waals surface area contributed by atoms with Gasteiger partial charge in [-0.25, -0.2) is 4.39 Å². The van der Waals surface area contributed by atoms with Crippen LogP contribution in [0.3, 0.4) is 0 Å². The molecule has 5 heteroatoms. The highest BCUT2D eigenvalue weighted by Crippen LogP contribution is 2.34. The second-order valence-corrected chi connectivity index (χ2v) is 4.83. The number of amides is 1. The van der Waals surface area contributed by atoms with Crippen molar-refractivity contribution in [2.45, 2.75) is 4.90 Å². The molecule has 0 aliphatic carbocycles. The van der Waals surface area contributed by atoms with Gasteiger partial charge in [0.1, 0.15) is 5.82 Å². The molecular formula is C8H5FINOS. The average Bonchev–Trinajstić information content (AvgIpc) is 2.02. The molecule has 68 valence electrons. The molecular weight excluding hydrogens is 304 g/mol. The fraction of sp³-hybridized carbons (Fsp3) is 0.125. The lowest BCUT2D eigenvalue weighted by atomic mass is 10.3. The summed E-state index contributed by atoms with van der Waals surface area (Å²) in [6.45, 7) is 0. The van der Waals surface area contributed by atoms with E-state index in [4.69, 9.17) is 0 Å². The standard InChI is InChI=1S/C8H5FINOS/c9-5-1-4(10)2-6-8(5)13-3-7(12)11-6/h1-2H,3H2,(H,11,12). The molecule has 2 rings (SSSR count). The fourth-order valence-electron chi connectivity index (χ4n) is 1.12. The topological polar surface area (TPSA) is 29.1 Å². The Labute approximate surface area is 92.4 Å². The van der Waals surface area contributed by atoms with Gasteiger partial charge in [0, 0.05) is 3.57 Å². The minimum atomic E-state index is -0.257. The number of fused-ring (bicyclic) bond motifs is 1. The van der Waals surface area contributed by atoms with Gasteiger partial charge >= 0.3 is 0 Å². The Hall–Kier alpha value is -0.300. The van der Waals surface area contributed by atoms with Crippen molar-refractivity contribution in [3.8, 4) is 0 Å². The Morgan fingerprint density at radius 1 is 1.54 bits per heavy atom. The first-order valence-corrected chi connectivity index (χ1v) is 5.65. The molecule has 13 heavy (non-hydrogen) atoms. The molecule has 1 N–H and O–H groups in total. The van der Waals surface area contributed by atoms with E-state index in [1.54, 1.807) is 6.07 Å². The van der Waals surface area contributed by atoms with Crippen LogP contribution in [0.1, 0.15) is 0 Å². The summed E-state index contributed by atoms with van der Waals surface area (Å²) in [6.07, 6.45) is 0. The number of carbonyl (C=O) groups is 1. The second-order valence-electron chi connectivity index (χ2n) is 2.60. The van der Waals surface area contributed by atoms with Gasteiger partial charge in [-0.2, -0.15) is 0 Å². The van der Waals surface area contributed by atoms with E-state index >= 15 is 0 Å². The van der Waals surface area contributed by atoms with Crippen molar-refractivity contribution in [2.24, 2.45) is 0 Å². The van der Waals surface area contributed by atoms with Gasteiger partial charge in [-0.05, 0) is 34.7 Å². The monoisotopic (exact) mass is 309 g/mol. The molecule has 1 aromatic carbocycles. The van der Waals surface area contributed by atoms with Crippen molar-refractivity contribution in [1.29, 1.82) is 0 Å². The average molecular weight is 309 g/mol. The van der Waals surface area contributed by atoms with Gasteiger partial charge in [0.25, 0.3) is 0 Å². The summed E-state index contributed by atoms with van der Waals surface area (Å²) >= 11 is 3.26. The third-order valence-corrected chi connectivity index (χ3v) is 3.36. The molecule has 0 unspecified atom stereocenters. The molecule has 0 atom stereocenters. The zero-order chi connectivity index (χ0) is 9.42. The predicted molar refractivity (Wildman–Crippen MR) is 58.5 cm³/mol. The molecule has 1 heterocycles. The number of thioether (sulfide) groups is 1. The van der Waals surface area contributed by atoms with Gasteiger partial charge in [-0.3, -0.25) is 4.79 Å². The van der Waals surface area contributed by atoms with E-state index in [0.29, 0.717) is 16.3 Å². The number of carbonyl (C=O) groups excluding carboxylic acids is 1. The molecule has 0 saturated carbocycles.